The van der Waals surface area contributed by atoms with Crippen molar-refractivity contribution in [3.8, 4) is 0 Å². The van der Waals surface area contributed by atoms with Gasteiger partial charge in [-0.1, -0.05) is 24.3 Å². The zero-order valence-corrected chi connectivity index (χ0v) is 12.0. The molecule has 3 N–H and O–H groups in total. The fourth-order valence-electron chi connectivity index (χ4n) is 2.12. The number of fused-ring (bicyclic) bond motifs is 1. The number of aliphatic carboxylic acids is 1. The topological polar surface area (TPSA) is 82.2 Å². The molecule has 0 unspecified atom stereocenters. The third kappa shape index (κ3) is 3.31. The fraction of sp³-hybridized carbons (Fsp3) is 0.250. The van der Waals surface area contributed by atoms with Gasteiger partial charge in [-0.05, 0) is 25.5 Å². The lowest BCUT2D eigenvalue weighted by molar-refractivity contribution is -0.141. The monoisotopic (exact) mass is 286 g/mol. The number of hydrogen-bond acceptors (Lipinski definition) is 2. The van der Waals surface area contributed by atoms with Crippen molar-refractivity contribution < 1.29 is 14.7 Å². The van der Waals surface area contributed by atoms with E-state index >= 15 is 0 Å². The first kappa shape index (κ1) is 14.8. The zero-order valence-electron chi connectivity index (χ0n) is 12.0. The van der Waals surface area contributed by atoms with Crippen molar-refractivity contribution in [3.05, 3.63) is 47.7 Å². The first-order chi connectivity index (χ1) is 10.0. The molecule has 0 saturated carbocycles. The van der Waals surface area contributed by atoms with Gasteiger partial charge in [-0.2, -0.15) is 0 Å². The predicted octanol–water partition coefficient (Wildman–Crippen LogP) is 2.25. The van der Waals surface area contributed by atoms with Crippen LogP contribution in [-0.4, -0.2) is 28.0 Å². The van der Waals surface area contributed by atoms with Crippen LogP contribution in [-0.2, 0) is 16.0 Å². The summed E-state index contributed by atoms with van der Waals surface area (Å²) in [6, 6.07) is 6.72. The Labute approximate surface area is 122 Å². The van der Waals surface area contributed by atoms with Gasteiger partial charge in [0.1, 0.15) is 6.04 Å². The molecule has 2 rings (SSSR count). The van der Waals surface area contributed by atoms with Gasteiger partial charge in [0.15, 0.2) is 0 Å². The summed E-state index contributed by atoms with van der Waals surface area (Å²) in [5.41, 5.74) is 2.32. The second kappa shape index (κ2) is 6.26. The average Bonchev–Trinajstić information content (AvgIpc) is 2.88. The van der Waals surface area contributed by atoms with Crippen molar-refractivity contribution in [2.45, 2.75) is 26.3 Å². The quantitative estimate of drug-likeness (QED) is 0.737. The molecule has 1 amide bonds. The van der Waals surface area contributed by atoms with Crippen molar-refractivity contribution in [1.29, 1.82) is 0 Å². The number of benzene rings is 1. The van der Waals surface area contributed by atoms with Gasteiger partial charge in [-0.25, -0.2) is 4.79 Å². The van der Waals surface area contributed by atoms with Crippen molar-refractivity contribution >= 4 is 22.8 Å². The first-order valence-corrected chi connectivity index (χ1v) is 6.74. The Kier molecular flexibility index (Phi) is 4.42. The Hall–Kier alpha value is -2.56. The fourth-order valence-corrected chi connectivity index (χ4v) is 2.12. The molecule has 0 bridgehead atoms. The molecule has 5 nitrogen and oxygen atoms in total. The van der Waals surface area contributed by atoms with E-state index in [9.17, 15) is 14.7 Å². The molecule has 0 aliphatic carbocycles. The highest BCUT2D eigenvalue weighted by Crippen LogP contribution is 2.19. The zero-order chi connectivity index (χ0) is 15.4. The lowest BCUT2D eigenvalue weighted by Gasteiger charge is -2.14. The van der Waals surface area contributed by atoms with Crippen LogP contribution in [0.2, 0.25) is 0 Å². The predicted molar refractivity (Wildman–Crippen MR) is 81.0 cm³/mol. The molecule has 2 aromatic rings. The molecule has 0 spiro atoms. The van der Waals surface area contributed by atoms with Crippen LogP contribution in [0.1, 0.15) is 19.4 Å². The van der Waals surface area contributed by atoms with Crippen molar-refractivity contribution in [2.24, 2.45) is 0 Å². The summed E-state index contributed by atoms with van der Waals surface area (Å²) in [5.74, 6) is -1.40. The second-order valence-corrected chi connectivity index (χ2v) is 4.90. The minimum absolute atomic E-state index is 0.238. The molecule has 0 fully saturated rings. The van der Waals surface area contributed by atoms with Crippen molar-refractivity contribution in [1.82, 2.24) is 10.3 Å². The molecule has 110 valence electrons. The Morgan fingerprint density at radius 1 is 1.38 bits per heavy atom. The van der Waals surface area contributed by atoms with Gasteiger partial charge in [0.05, 0.1) is 0 Å². The summed E-state index contributed by atoms with van der Waals surface area (Å²) in [7, 11) is 0. The minimum atomic E-state index is -1.04. The van der Waals surface area contributed by atoms with E-state index in [1.54, 1.807) is 26.1 Å². The van der Waals surface area contributed by atoms with E-state index in [4.69, 9.17) is 0 Å². The number of nitrogens with one attached hydrogen (secondary N) is 2. The van der Waals surface area contributed by atoms with Crippen molar-refractivity contribution in [3.63, 3.8) is 0 Å². The summed E-state index contributed by atoms with van der Waals surface area (Å²) in [6.45, 7) is 3.39. The van der Waals surface area contributed by atoms with Gasteiger partial charge in [0.25, 0.3) is 0 Å². The summed E-state index contributed by atoms with van der Waals surface area (Å²) in [4.78, 5) is 26.3. The van der Waals surface area contributed by atoms with E-state index in [1.165, 1.54) is 0 Å². The average molecular weight is 286 g/mol. The lowest BCUT2D eigenvalue weighted by atomic mass is 10.0. The third-order valence-electron chi connectivity index (χ3n) is 3.49. The Morgan fingerprint density at radius 3 is 2.76 bits per heavy atom. The van der Waals surface area contributed by atoms with E-state index in [0.717, 1.165) is 16.5 Å². The number of amides is 1. The molecule has 1 heterocycles. The maximum absolute atomic E-state index is 11.8. The smallest absolute Gasteiger partial charge is 0.326 e. The van der Waals surface area contributed by atoms with Gasteiger partial charge in [-0.15, -0.1) is 0 Å². The number of aromatic nitrogens is 1. The summed E-state index contributed by atoms with van der Waals surface area (Å²) < 4.78 is 0. The molecule has 1 aromatic heterocycles. The van der Waals surface area contributed by atoms with Crippen LogP contribution in [0.3, 0.4) is 0 Å². The molecule has 0 aliphatic rings. The van der Waals surface area contributed by atoms with Gasteiger partial charge >= 0.3 is 5.97 Å². The molecule has 5 heteroatoms. The number of carboxylic acids is 1. The number of hydrogen-bond donors (Lipinski definition) is 3. The summed E-state index contributed by atoms with van der Waals surface area (Å²) in [6.07, 6.45) is 3.68. The third-order valence-corrected chi connectivity index (χ3v) is 3.49. The van der Waals surface area contributed by atoms with Gasteiger partial charge in [-0.3, -0.25) is 4.79 Å². The Balaban J connectivity index is 2.20. The van der Waals surface area contributed by atoms with E-state index in [0.29, 0.717) is 5.57 Å². The van der Waals surface area contributed by atoms with E-state index in [-0.39, 0.29) is 12.3 Å². The SMILES string of the molecule is CC=C(C)C(=O)N[C@@H](Cc1c[nH]c2ccccc12)C(=O)O. The largest absolute Gasteiger partial charge is 0.480 e. The molecular formula is C16H18N2O3. The van der Waals surface area contributed by atoms with Crippen LogP contribution >= 0.6 is 0 Å². The summed E-state index contributed by atoms with van der Waals surface area (Å²) in [5, 5.41) is 12.8. The second-order valence-electron chi connectivity index (χ2n) is 4.90. The Morgan fingerprint density at radius 2 is 2.10 bits per heavy atom. The number of carbonyl (C=O) groups is 2. The minimum Gasteiger partial charge on any atom is -0.480 e. The van der Waals surface area contributed by atoms with Gasteiger partial charge in [0.2, 0.25) is 5.91 Å². The number of aromatic amines is 1. The molecule has 1 atom stereocenters. The van der Waals surface area contributed by atoms with Gasteiger partial charge in [0, 0.05) is 29.1 Å². The van der Waals surface area contributed by atoms with Gasteiger partial charge < -0.3 is 15.4 Å². The highest BCUT2D eigenvalue weighted by Gasteiger charge is 2.22. The first-order valence-electron chi connectivity index (χ1n) is 6.74. The molecular weight excluding hydrogens is 268 g/mol. The Bertz CT molecular complexity index is 700. The number of carbonyl (C=O) groups excluding carboxylic acids is 1. The molecule has 1 aromatic carbocycles. The number of H-pyrrole nitrogens is 1. The highest BCUT2D eigenvalue weighted by molar-refractivity contribution is 5.95. The van der Waals surface area contributed by atoms with Crippen molar-refractivity contribution in [2.75, 3.05) is 0 Å². The van der Waals surface area contributed by atoms with E-state index in [2.05, 4.69) is 10.3 Å². The van der Waals surface area contributed by atoms with Crippen LogP contribution in [0.15, 0.2) is 42.1 Å². The normalized spacial score (nSPS) is 13.1. The number of allylic oxidation sites excluding steroid dienone is 1. The van der Waals surface area contributed by atoms with Crippen LogP contribution < -0.4 is 5.32 Å². The van der Waals surface area contributed by atoms with Crippen LogP contribution in [0.4, 0.5) is 0 Å². The van der Waals surface area contributed by atoms with E-state index in [1.807, 2.05) is 24.3 Å². The van der Waals surface area contributed by atoms with E-state index < -0.39 is 12.0 Å². The van der Waals surface area contributed by atoms with Crippen LogP contribution in [0.5, 0.6) is 0 Å². The number of rotatable bonds is 5. The standard InChI is InChI=1S/C16H18N2O3/c1-3-10(2)15(19)18-14(16(20)21)8-11-9-17-13-7-5-4-6-12(11)13/h3-7,9,14,17H,8H2,1-2H3,(H,18,19)(H,20,21)/t14-/m0/s1. The molecule has 21 heavy (non-hydrogen) atoms. The summed E-state index contributed by atoms with van der Waals surface area (Å²) >= 11 is 0. The lowest BCUT2D eigenvalue weighted by Crippen LogP contribution is -2.42. The highest BCUT2D eigenvalue weighted by atomic mass is 16.4. The number of carboxylic acid groups (broad SMARTS) is 1. The van der Waals surface area contributed by atoms with Crippen LogP contribution in [0.25, 0.3) is 10.9 Å². The number of para-hydroxylation sites is 1. The van der Waals surface area contributed by atoms with Crippen LogP contribution in [0, 0.1) is 0 Å². The molecule has 0 aliphatic heterocycles. The maximum atomic E-state index is 11.8. The molecule has 0 saturated heterocycles. The maximum Gasteiger partial charge on any atom is 0.326 e. The molecule has 0 radical (unpaired) electrons.